The van der Waals surface area contributed by atoms with E-state index in [0.29, 0.717) is 0 Å². The number of carboxylic acid groups (broad SMARTS) is 1. The lowest BCUT2D eigenvalue weighted by Crippen LogP contribution is -2.22. The molecule has 2 atom stereocenters. The van der Waals surface area contributed by atoms with Crippen molar-refractivity contribution in [1.82, 2.24) is 0 Å². The fourth-order valence-electron chi connectivity index (χ4n) is 1.26. The zero-order valence-electron chi connectivity index (χ0n) is 8.40. The van der Waals surface area contributed by atoms with Crippen LogP contribution < -0.4 is 0 Å². The van der Waals surface area contributed by atoms with Crippen molar-refractivity contribution in [2.75, 3.05) is 0 Å². The van der Waals surface area contributed by atoms with Gasteiger partial charge in [-0.1, -0.05) is 0 Å². The summed E-state index contributed by atoms with van der Waals surface area (Å²) in [5.74, 6) is -3.21. The normalized spacial score (nSPS) is 14.4. The summed E-state index contributed by atoms with van der Waals surface area (Å²) in [4.78, 5) is 10.3. The van der Waals surface area contributed by atoms with Crippen LogP contribution in [0.1, 0.15) is 18.1 Å². The Balaban J connectivity index is 2.96. The molecule has 0 aliphatic heterocycles. The number of aliphatic hydroxyl groups is 2. The molecule has 0 saturated carbocycles. The molecule has 0 aliphatic carbocycles. The number of rotatable bonds is 4. The summed E-state index contributed by atoms with van der Waals surface area (Å²) < 4.78 is 25.9. The van der Waals surface area contributed by atoms with Crippen molar-refractivity contribution < 1.29 is 28.9 Å². The van der Waals surface area contributed by atoms with Crippen LogP contribution in [0.4, 0.5) is 8.78 Å². The van der Waals surface area contributed by atoms with E-state index in [-0.39, 0.29) is 10.0 Å². The maximum absolute atomic E-state index is 13.1. The lowest BCUT2D eigenvalue weighted by molar-refractivity contribution is -0.141. The molecule has 7 heteroatoms. The number of hydrogen-bond acceptors (Lipinski definition) is 3. The monoisotopic (exact) mass is 310 g/mol. The second-order valence-electron chi connectivity index (χ2n) is 3.41. The summed E-state index contributed by atoms with van der Waals surface area (Å²) >= 11 is 2.65. The van der Waals surface area contributed by atoms with Crippen LogP contribution in [0.5, 0.6) is 0 Å². The molecule has 0 amide bonds. The van der Waals surface area contributed by atoms with Crippen molar-refractivity contribution in [3.05, 3.63) is 33.8 Å². The van der Waals surface area contributed by atoms with Crippen LogP contribution in [0, 0.1) is 11.6 Å². The second kappa shape index (κ2) is 5.52. The maximum Gasteiger partial charge on any atom is 0.306 e. The molecule has 0 aliphatic rings. The molecule has 17 heavy (non-hydrogen) atoms. The molecule has 0 bridgehead atoms. The Labute approximate surface area is 104 Å². The highest BCUT2D eigenvalue weighted by Crippen LogP contribution is 2.26. The van der Waals surface area contributed by atoms with Gasteiger partial charge in [-0.15, -0.1) is 0 Å². The Morgan fingerprint density at radius 1 is 1.29 bits per heavy atom. The Morgan fingerprint density at radius 3 is 2.18 bits per heavy atom. The Morgan fingerprint density at radius 2 is 1.76 bits per heavy atom. The average Bonchev–Trinajstić information content (AvgIpc) is 2.23. The first kappa shape index (κ1) is 14.0. The molecule has 0 aromatic heterocycles. The minimum absolute atomic E-state index is 0.225. The zero-order valence-corrected chi connectivity index (χ0v) is 9.99. The van der Waals surface area contributed by atoms with E-state index in [2.05, 4.69) is 15.9 Å². The fraction of sp³-hybridized carbons (Fsp3) is 0.300. The van der Waals surface area contributed by atoms with Gasteiger partial charge >= 0.3 is 5.97 Å². The summed E-state index contributed by atoms with van der Waals surface area (Å²) in [6, 6.07) is 1.64. The molecule has 3 N–H and O–H groups in total. The summed E-state index contributed by atoms with van der Waals surface area (Å²) in [6.07, 6.45) is -4.02. The van der Waals surface area contributed by atoms with Crippen LogP contribution in [0.3, 0.4) is 0 Å². The third-order valence-corrected chi connectivity index (χ3v) is 2.85. The van der Waals surface area contributed by atoms with Gasteiger partial charge in [-0.05, 0) is 33.6 Å². The van der Waals surface area contributed by atoms with Crippen LogP contribution in [-0.2, 0) is 4.79 Å². The first-order valence-electron chi connectivity index (χ1n) is 4.55. The van der Waals surface area contributed by atoms with E-state index in [4.69, 9.17) is 5.11 Å². The van der Waals surface area contributed by atoms with E-state index in [0.717, 1.165) is 12.1 Å². The van der Waals surface area contributed by atoms with Gasteiger partial charge in [0.15, 0.2) is 0 Å². The average molecular weight is 311 g/mol. The summed E-state index contributed by atoms with van der Waals surface area (Å²) in [5, 5.41) is 27.2. The van der Waals surface area contributed by atoms with Crippen molar-refractivity contribution in [2.45, 2.75) is 18.6 Å². The first-order valence-corrected chi connectivity index (χ1v) is 5.34. The van der Waals surface area contributed by atoms with E-state index in [1.807, 2.05) is 0 Å². The molecule has 94 valence electrons. The smallest absolute Gasteiger partial charge is 0.306 e. The van der Waals surface area contributed by atoms with Gasteiger partial charge in [0.05, 0.1) is 17.0 Å². The molecular weight excluding hydrogens is 302 g/mol. The topological polar surface area (TPSA) is 77.8 Å². The number of aliphatic carboxylic acids is 1. The first-order chi connectivity index (χ1) is 7.82. The van der Waals surface area contributed by atoms with Crippen molar-refractivity contribution >= 4 is 21.9 Å². The Kier molecular flexibility index (Phi) is 4.55. The summed E-state index contributed by atoms with van der Waals surface area (Å²) in [5.41, 5.74) is -0.225. The molecular formula is C10H9BrF2O4. The Bertz CT molecular complexity index is 415. The van der Waals surface area contributed by atoms with Gasteiger partial charge in [0, 0.05) is 0 Å². The van der Waals surface area contributed by atoms with Gasteiger partial charge in [-0.3, -0.25) is 4.79 Å². The molecule has 2 unspecified atom stereocenters. The van der Waals surface area contributed by atoms with Crippen molar-refractivity contribution in [3.8, 4) is 0 Å². The number of carboxylic acids is 1. The largest absolute Gasteiger partial charge is 0.481 e. The van der Waals surface area contributed by atoms with Crippen molar-refractivity contribution in [1.29, 1.82) is 0 Å². The number of benzene rings is 1. The van der Waals surface area contributed by atoms with E-state index in [1.165, 1.54) is 0 Å². The third kappa shape index (κ3) is 3.45. The number of carbonyl (C=O) groups is 1. The molecule has 0 saturated heterocycles. The minimum atomic E-state index is -1.66. The van der Waals surface area contributed by atoms with Crippen molar-refractivity contribution in [3.63, 3.8) is 0 Å². The highest BCUT2D eigenvalue weighted by atomic mass is 79.9. The molecule has 0 heterocycles. The Hall–Kier alpha value is -1.05. The quantitative estimate of drug-likeness (QED) is 0.738. The molecule has 1 aromatic rings. The predicted octanol–water partition coefficient (Wildman–Crippen LogP) is 1.60. The highest BCUT2D eigenvalue weighted by molar-refractivity contribution is 9.10. The predicted molar refractivity (Wildman–Crippen MR) is 57.3 cm³/mol. The van der Waals surface area contributed by atoms with Gasteiger partial charge in [0.1, 0.15) is 17.7 Å². The number of hydrogen-bond donors (Lipinski definition) is 3. The standard InChI is InChI=1S/C10H9BrF2O4/c11-9-5(12)1-4(2-6(9)13)10(17)7(14)3-8(15)16/h1-2,7,10,14,17H,3H2,(H,15,16). The van der Waals surface area contributed by atoms with Gasteiger partial charge in [-0.25, -0.2) is 8.78 Å². The molecule has 4 nitrogen and oxygen atoms in total. The van der Waals surface area contributed by atoms with Crippen LogP contribution in [0.15, 0.2) is 16.6 Å². The van der Waals surface area contributed by atoms with Crippen LogP contribution in [0.25, 0.3) is 0 Å². The number of halogens is 3. The van der Waals surface area contributed by atoms with Crippen LogP contribution >= 0.6 is 15.9 Å². The third-order valence-electron chi connectivity index (χ3n) is 2.10. The molecule has 0 radical (unpaired) electrons. The van der Waals surface area contributed by atoms with Crippen LogP contribution in [-0.4, -0.2) is 27.4 Å². The molecule has 1 aromatic carbocycles. The lowest BCUT2D eigenvalue weighted by atomic mass is 10.0. The van der Waals surface area contributed by atoms with E-state index >= 15 is 0 Å². The highest BCUT2D eigenvalue weighted by Gasteiger charge is 2.23. The van der Waals surface area contributed by atoms with Crippen molar-refractivity contribution in [2.24, 2.45) is 0 Å². The van der Waals surface area contributed by atoms with E-state index in [1.54, 1.807) is 0 Å². The summed E-state index contributed by atoms with van der Waals surface area (Å²) in [7, 11) is 0. The molecule has 1 rings (SSSR count). The minimum Gasteiger partial charge on any atom is -0.481 e. The number of aliphatic hydroxyl groups excluding tert-OH is 2. The van der Waals surface area contributed by atoms with E-state index < -0.39 is 36.2 Å². The lowest BCUT2D eigenvalue weighted by Gasteiger charge is -2.16. The van der Waals surface area contributed by atoms with Gasteiger partial charge in [0.25, 0.3) is 0 Å². The van der Waals surface area contributed by atoms with Gasteiger partial charge < -0.3 is 15.3 Å². The zero-order chi connectivity index (χ0) is 13.2. The SMILES string of the molecule is O=C(O)CC(O)C(O)c1cc(F)c(Br)c(F)c1. The van der Waals surface area contributed by atoms with Crippen LogP contribution in [0.2, 0.25) is 0 Å². The van der Waals surface area contributed by atoms with E-state index in [9.17, 15) is 23.8 Å². The van der Waals surface area contributed by atoms with Gasteiger partial charge in [-0.2, -0.15) is 0 Å². The fourth-order valence-corrected chi connectivity index (χ4v) is 1.49. The summed E-state index contributed by atoms with van der Waals surface area (Å²) in [6.45, 7) is 0. The van der Waals surface area contributed by atoms with Gasteiger partial charge in [0.2, 0.25) is 0 Å². The molecule has 0 spiro atoms. The second-order valence-corrected chi connectivity index (χ2v) is 4.20. The molecule has 0 fully saturated rings. The maximum atomic E-state index is 13.1.